The van der Waals surface area contributed by atoms with Gasteiger partial charge in [0, 0.05) is 66.8 Å². The first-order chi connectivity index (χ1) is 39.2. The van der Waals surface area contributed by atoms with Crippen molar-refractivity contribution < 1.29 is 0 Å². The molecule has 3 heteroatoms. The third-order valence-corrected chi connectivity index (χ3v) is 22.6. The van der Waals surface area contributed by atoms with Gasteiger partial charge in [0.1, 0.15) is 0 Å². The predicted octanol–water partition coefficient (Wildman–Crippen LogP) is 18.9. The van der Waals surface area contributed by atoms with Crippen LogP contribution in [0, 0.1) is 20.8 Å². The van der Waals surface area contributed by atoms with Crippen LogP contribution in [0.15, 0.2) is 158 Å². The Kier molecular flexibility index (Phi) is 10.6. The molecular formula is C80H81BN2. The van der Waals surface area contributed by atoms with Crippen LogP contribution in [0.4, 0.5) is 34.1 Å². The topological polar surface area (TPSA) is 6.48 Å². The van der Waals surface area contributed by atoms with Gasteiger partial charge in [-0.2, -0.15) is 0 Å². The Balaban J connectivity index is 1.13. The molecule has 83 heavy (non-hydrogen) atoms. The lowest BCUT2D eigenvalue weighted by Crippen LogP contribution is -2.62. The zero-order valence-corrected chi connectivity index (χ0v) is 52.4. The van der Waals surface area contributed by atoms with Gasteiger partial charge in [-0.05, 0) is 197 Å². The highest BCUT2D eigenvalue weighted by Gasteiger charge is 2.52. The first-order valence-corrected chi connectivity index (χ1v) is 31.0. The minimum atomic E-state index is -0.261. The monoisotopic (exact) mass is 1080 g/mol. The average molecular weight is 1080 g/mol. The second kappa shape index (κ2) is 16.7. The third kappa shape index (κ3) is 6.80. The van der Waals surface area contributed by atoms with E-state index in [9.17, 15) is 0 Å². The molecule has 2 heterocycles. The van der Waals surface area contributed by atoms with E-state index in [4.69, 9.17) is 0 Å². The molecule has 0 aromatic heterocycles. The first kappa shape index (κ1) is 52.4. The maximum absolute atomic E-state index is 2.81. The molecule has 9 aromatic carbocycles. The van der Waals surface area contributed by atoms with Crippen LogP contribution in [-0.2, 0) is 37.9 Å². The van der Waals surface area contributed by atoms with E-state index in [-0.39, 0.29) is 44.6 Å². The van der Waals surface area contributed by atoms with E-state index in [2.05, 4.69) is 285 Å². The van der Waals surface area contributed by atoms with Crippen LogP contribution in [0.5, 0.6) is 0 Å². The molecule has 0 radical (unpaired) electrons. The van der Waals surface area contributed by atoms with Gasteiger partial charge in [-0.3, -0.25) is 0 Å². The number of hydrogen-bond donors (Lipinski definition) is 0. The van der Waals surface area contributed by atoms with Crippen molar-refractivity contribution in [1.29, 1.82) is 0 Å². The lowest BCUT2D eigenvalue weighted by Gasteiger charge is -2.49. The highest BCUT2D eigenvalue weighted by molar-refractivity contribution is 7.00. The summed E-state index contributed by atoms with van der Waals surface area (Å²) < 4.78 is 0. The minimum Gasteiger partial charge on any atom is -0.311 e. The predicted molar refractivity (Wildman–Crippen MR) is 354 cm³/mol. The largest absolute Gasteiger partial charge is 0.311 e. The van der Waals surface area contributed by atoms with Crippen molar-refractivity contribution >= 4 is 57.2 Å². The summed E-state index contributed by atoms with van der Waals surface area (Å²) >= 11 is 0. The fourth-order valence-electron chi connectivity index (χ4n) is 17.7. The fraction of sp³-hybridized carbons (Fsp3) is 0.325. The molecule has 0 unspecified atom stereocenters. The quantitative estimate of drug-likeness (QED) is 0.163. The number of benzene rings is 9. The molecule has 0 N–H and O–H groups in total. The van der Waals surface area contributed by atoms with E-state index < -0.39 is 0 Å². The van der Waals surface area contributed by atoms with Gasteiger partial charge in [-0.1, -0.05) is 218 Å². The number of fused-ring (bicyclic) bond motifs is 13. The van der Waals surface area contributed by atoms with Crippen LogP contribution in [0.1, 0.15) is 193 Å². The van der Waals surface area contributed by atoms with Gasteiger partial charge >= 0.3 is 0 Å². The van der Waals surface area contributed by atoms with Gasteiger partial charge in [0.2, 0.25) is 0 Å². The molecule has 15 rings (SSSR count). The van der Waals surface area contributed by atoms with E-state index in [1.807, 2.05) is 0 Å². The third-order valence-electron chi connectivity index (χ3n) is 22.6. The molecule has 0 spiro atoms. The molecule has 2 nitrogen and oxygen atoms in total. The van der Waals surface area contributed by atoms with Crippen molar-refractivity contribution in [2.45, 2.75) is 168 Å². The molecule has 0 saturated heterocycles. The van der Waals surface area contributed by atoms with Crippen LogP contribution < -0.4 is 26.2 Å². The molecule has 4 aliphatic carbocycles. The Morgan fingerprint density at radius 1 is 0.325 bits per heavy atom. The van der Waals surface area contributed by atoms with Gasteiger partial charge in [0.05, 0.1) is 0 Å². The van der Waals surface area contributed by atoms with Crippen molar-refractivity contribution in [3.63, 3.8) is 0 Å². The van der Waals surface area contributed by atoms with E-state index in [0.717, 1.165) is 6.42 Å². The molecular weight excluding hydrogens is 1000 g/mol. The Morgan fingerprint density at radius 3 is 1.37 bits per heavy atom. The van der Waals surface area contributed by atoms with Crippen LogP contribution in [0.25, 0.3) is 22.3 Å². The van der Waals surface area contributed by atoms with E-state index >= 15 is 0 Å². The van der Waals surface area contributed by atoms with E-state index in [1.165, 1.54) is 163 Å². The highest BCUT2D eigenvalue weighted by Crippen LogP contribution is 2.60. The lowest BCUT2D eigenvalue weighted by atomic mass is 9.32. The van der Waals surface area contributed by atoms with Gasteiger partial charge in [-0.15, -0.1) is 0 Å². The highest BCUT2D eigenvalue weighted by atomic mass is 15.2. The Hall–Kier alpha value is -7.36. The number of nitrogens with zero attached hydrogens (tertiary/aromatic N) is 2. The summed E-state index contributed by atoms with van der Waals surface area (Å²) in [5, 5.41) is 0. The van der Waals surface area contributed by atoms with Gasteiger partial charge < -0.3 is 9.80 Å². The van der Waals surface area contributed by atoms with Gasteiger partial charge in [-0.25, -0.2) is 0 Å². The number of hydrogen-bond acceptors (Lipinski definition) is 2. The van der Waals surface area contributed by atoms with Crippen LogP contribution in [0.2, 0.25) is 0 Å². The van der Waals surface area contributed by atoms with Crippen LogP contribution in [0.3, 0.4) is 0 Å². The first-order valence-electron chi connectivity index (χ1n) is 31.0. The molecule has 0 atom stereocenters. The molecule has 2 aliphatic heterocycles. The summed E-state index contributed by atoms with van der Waals surface area (Å²) in [7, 11) is 0. The normalized spacial score (nSPS) is 19.2. The molecule has 0 bridgehead atoms. The van der Waals surface area contributed by atoms with Crippen molar-refractivity contribution in [1.82, 2.24) is 0 Å². The zero-order chi connectivity index (χ0) is 58.2. The molecule has 0 amide bonds. The summed E-state index contributed by atoms with van der Waals surface area (Å²) in [5.74, 6) is 0. The molecule has 9 aromatic rings. The SMILES string of the molecule is Cc1cc2c(cc1N1c3cc(-c4c(C)cccc4C)cc4c3B(c3cc5c(cc3N4c3ccc4c(c3)C(C)(C)c3ccccc3C4(C)C)C(C)(C)c3ccccc3C5(C)C)c3ccc4c(c31)-c1ccccc1C4(C)C)C(C)(C)CCC2(C)C. The minimum absolute atomic E-state index is 0.00452. The van der Waals surface area contributed by atoms with E-state index in [1.54, 1.807) is 0 Å². The second-order valence-corrected chi connectivity index (χ2v) is 30.1. The summed E-state index contributed by atoms with van der Waals surface area (Å²) in [6.07, 6.45) is 2.32. The standard InChI is InChI=1S/C80H81BN2/c1-46-25-24-26-47(2)70(46)49-40-68-72-69(41-49)83(66-44-60-59(39-48(66)3)74(4,5)37-38-75(60,6)7)73-64(36-35-58-71(73)51-27-18-19-28-52(51)76(58,8)9)81(72)65-43-62-63(80(16,17)56-32-23-22-31-55(56)79(62,14)15)45-67(65)82(68)50-33-34-57-61(42-50)78(12,13)54-30-21-20-29-53(54)77(57,10)11/h18-36,39-45H,37-38H2,1-17H3. The molecule has 0 fully saturated rings. The van der Waals surface area contributed by atoms with Crippen molar-refractivity contribution in [3.05, 3.63) is 241 Å². The van der Waals surface area contributed by atoms with Crippen molar-refractivity contribution in [2.75, 3.05) is 9.80 Å². The van der Waals surface area contributed by atoms with Crippen LogP contribution >= 0.6 is 0 Å². The fourth-order valence-corrected chi connectivity index (χ4v) is 17.7. The number of anilines is 6. The Morgan fingerprint density at radius 2 is 0.783 bits per heavy atom. The molecule has 6 aliphatic rings. The van der Waals surface area contributed by atoms with Crippen LogP contribution in [-0.4, -0.2) is 6.71 Å². The lowest BCUT2D eigenvalue weighted by molar-refractivity contribution is 0.332. The van der Waals surface area contributed by atoms with Gasteiger partial charge in [0.25, 0.3) is 6.71 Å². The average Bonchev–Trinajstić information content (AvgIpc) is 1.61. The second-order valence-electron chi connectivity index (χ2n) is 30.1. The number of aryl methyl sites for hydroxylation is 3. The summed E-state index contributed by atoms with van der Waals surface area (Å²) in [4.78, 5) is 5.56. The summed E-state index contributed by atoms with van der Waals surface area (Å²) in [5.41, 5.74) is 37.0. The Labute approximate surface area is 496 Å². The maximum Gasteiger partial charge on any atom is 0.252 e. The smallest absolute Gasteiger partial charge is 0.252 e. The zero-order valence-electron chi connectivity index (χ0n) is 52.4. The summed E-state index contributed by atoms with van der Waals surface area (Å²) in [6.45, 7) is 41.5. The van der Waals surface area contributed by atoms with Gasteiger partial charge in [0.15, 0.2) is 0 Å². The summed E-state index contributed by atoms with van der Waals surface area (Å²) in [6, 6.07) is 63.4. The molecule has 0 saturated carbocycles. The van der Waals surface area contributed by atoms with E-state index in [0.29, 0.717) is 0 Å². The molecule has 414 valence electrons. The Bertz CT molecular complexity index is 4340. The van der Waals surface area contributed by atoms with Crippen molar-refractivity contribution in [2.24, 2.45) is 0 Å². The number of rotatable bonds is 3. The maximum atomic E-state index is 2.81. The van der Waals surface area contributed by atoms with Crippen molar-refractivity contribution in [3.8, 4) is 22.3 Å².